The Balaban J connectivity index is 1.53. The number of rotatable bonds is 9. The van der Waals surface area contributed by atoms with Crippen LogP contribution < -0.4 is 15.5 Å². The van der Waals surface area contributed by atoms with Crippen LogP contribution in [0.3, 0.4) is 0 Å². The fraction of sp³-hybridized carbons (Fsp3) is 0.296. The highest BCUT2D eigenvalue weighted by Gasteiger charge is 2.24. The summed E-state index contributed by atoms with van der Waals surface area (Å²) in [7, 11) is 1.67. The fourth-order valence-electron chi connectivity index (χ4n) is 4.55. The van der Waals surface area contributed by atoms with Gasteiger partial charge in [0.25, 0.3) is 0 Å². The fourth-order valence-corrected chi connectivity index (χ4v) is 4.55. The number of urea groups is 1. The zero-order chi connectivity index (χ0) is 27.0. The summed E-state index contributed by atoms with van der Waals surface area (Å²) in [5.74, 6) is 0.743. The SMILES string of the molecule is COCCN(c1cc(NC(=O)Nc2ccc(F)cc2)cc(-c2ccccc2-c2nn[nH]n2)n1)C1CCOCC1. The summed E-state index contributed by atoms with van der Waals surface area (Å²) < 4.78 is 24.3. The zero-order valence-electron chi connectivity index (χ0n) is 21.4. The summed E-state index contributed by atoms with van der Waals surface area (Å²) in [5.41, 5.74) is 3.15. The first-order valence-electron chi connectivity index (χ1n) is 12.6. The number of anilines is 3. The van der Waals surface area contributed by atoms with Gasteiger partial charge in [0.2, 0.25) is 5.82 Å². The molecule has 4 aromatic rings. The molecular weight excluding hydrogens is 503 g/mol. The van der Waals surface area contributed by atoms with Crippen LogP contribution in [0.1, 0.15) is 12.8 Å². The quantitative estimate of drug-likeness (QED) is 0.290. The van der Waals surface area contributed by atoms with Crippen LogP contribution in [-0.4, -0.2) is 71.2 Å². The van der Waals surface area contributed by atoms with Crippen molar-refractivity contribution in [3.8, 4) is 22.6 Å². The smallest absolute Gasteiger partial charge is 0.323 e. The minimum atomic E-state index is -0.467. The van der Waals surface area contributed by atoms with Crippen LogP contribution in [-0.2, 0) is 9.47 Å². The number of hydrogen-bond acceptors (Lipinski definition) is 8. The molecule has 39 heavy (non-hydrogen) atoms. The number of nitrogens with one attached hydrogen (secondary N) is 3. The number of ether oxygens (including phenoxy) is 2. The maximum atomic E-state index is 13.3. The molecule has 5 rings (SSSR count). The van der Waals surface area contributed by atoms with Gasteiger partial charge in [0.1, 0.15) is 11.6 Å². The molecule has 3 N–H and O–H groups in total. The first kappa shape index (κ1) is 26.2. The van der Waals surface area contributed by atoms with Gasteiger partial charge in [0.15, 0.2) is 0 Å². The maximum absolute atomic E-state index is 13.3. The van der Waals surface area contributed by atoms with Gasteiger partial charge in [-0.25, -0.2) is 14.2 Å². The number of nitrogens with zero attached hydrogens (tertiary/aromatic N) is 5. The van der Waals surface area contributed by atoms with Crippen molar-refractivity contribution in [1.82, 2.24) is 25.6 Å². The molecule has 1 saturated heterocycles. The van der Waals surface area contributed by atoms with E-state index in [0.29, 0.717) is 55.1 Å². The molecule has 0 bridgehead atoms. The molecule has 2 aromatic carbocycles. The minimum Gasteiger partial charge on any atom is -0.383 e. The number of aromatic nitrogens is 5. The average molecular weight is 533 g/mol. The predicted octanol–water partition coefficient (Wildman–Crippen LogP) is 4.34. The zero-order valence-corrected chi connectivity index (χ0v) is 21.4. The molecule has 1 aliphatic heterocycles. The van der Waals surface area contributed by atoms with E-state index in [9.17, 15) is 9.18 Å². The number of H-pyrrole nitrogens is 1. The number of carbonyl (C=O) groups is 1. The van der Waals surface area contributed by atoms with Crippen molar-refractivity contribution in [2.45, 2.75) is 18.9 Å². The van der Waals surface area contributed by atoms with Gasteiger partial charge in [-0.1, -0.05) is 24.3 Å². The topological polar surface area (TPSA) is 130 Å². The second-order valence-corrected chi connectivity index (χ2v) is 9.00. The number of methoxy groups -OCH3 is 1. The first-order valence-corrected chi connectivity index (χ1v) is 12.6. The van der Waals surface area contributed by atoms with Gasteiger partial charge in [-0.15, -0.1) is 10.2 Å². The lowest BCUT2D eigenvalue weighted by Crippen LogP contribution is -2.42. The molecule has 0 saturated carbocycles. The van der Waals surface area contributed by atoms with E-state index in [1.807, 2.05) is 30.3 Å². The number of pyridine rings is 1. The molecule has 3 heterocycles. The van der Waals surface area contributed by atoms with Crippen molar-refractivity contribution in [3.05, 3.63) is 66.5 Å². The molecule has 0 unspecified atom stereocenters. The Bertz CT molecular complexity index is 1380. The van der Waals surface area contributed by atoms with Gasteiger partial charge in [-0.2, -0.15) is 5.21 Å². The van der Waals surface area contributed by atoms with Crippen molar-refractivity contribution in [2.24, 2.45) is 0 Å². The Morgan fingerprint density at radius 2 is 1.82 bits per heavy atom. The lowest BCUT2D eigenvalue weighted by molar-refractivity contribution is 0.0826. The maximum Gasteiger partial charge on any atom is 0.323 e. The molecule has 202 valence electrons. The summed E-state index contributed by atoms with van der Waals surface area (Å²) >= 11 is 0. The van der Waals surface area contributed by atoms with Crippen molar-refractivity contribution in [2.75, 3.05) is 49.0 Å². The van der Waals surface area contributed by atoms with E-state index < -0.39 is 6.03 Å². The van der Waals surface area contributed by atoms with Crippen LogP contribution in [0.2, 0.25) is 0 Å². The average Bonchev–Trinajstić information content (AvgIpc) is 3.50. The van der Waals surface area contributed by atoms with E-state index in [1.165, 1.54) is 24.3 Å². The number of halogens is 1. The highest BCUT2D eigenvalue weighted by molar-refractivity contribution is 6.00. The van der Waals surface area contributed by atoms with Crippen LogP contribution in [0.5, 0.6) is 0 Å². The second-order valence-electron chi connectivity index (χ2n) is 9.00. The monoisotopic (exact) mass is 532 g/mol. The lowest BCUT2D eigenvalue weighted by atomic mass is 10.0. The first-order chi connectivity index (χ1) is 19.1. The molecule has 0 radical (unpaired) electrons. The summed E-state index contributed by atoms with van der Waals surface area (Å²) in [6, 6.07) is 16.6. The number of carbonyl (C=O) groups excluding carboxylic acids is 1. The van der Waals surface area contributed by atoms with E-state index >= 15 is 0 Å². The molecule has 0 spiro atoms. The third kappa shape index (κ3) is 6.54. The predicted molar refractivity (Wildman–Crippen MR) is 145 cm³/mol. The van der Waals surface area contributed by atoms with E-state index in [1.54, 1.807) is 13.2 Å². The van der Waals surface area contributed by atoms with Crippen LogP contribution in [0.25, 0.3) is 22.6 Å². The second kappa shape index (κ2) is 12.4. The molecule has 0 atom stereocenters. The van der Waals surface area contributed by atoms with E-state index in [4.69, 9.17) is 14.5 Å². The Kier molecular flexibility index (Phi) is 8.34. The molecule has 11 nitrogen and oxygen atoms in total. The van der Waals surface area contributed by atoms with E-state index in [0.717, 1.165) is 24.0 Å². The molecule has 12 heteroatoms. The van der Waals surface area contributed by atoms with Gasteiger partial charge >= 0.3 is 6.03 Å². The third-order valence-electron chi connectivity index (χ3n) is 6.42. The summed E-state index contributed by atoms with van der Waals surface area (Å²) in [6.45, 7) is 2.46. The summed E-state index contributed by atoms with van der Waals surface area (Å²) in [5, 5.41) is 20.1. The number of amides is 2. The van der Waals surface area contributed by atoms with Crippen LogP contribution in [0.15, 0.2) is 60.7 Å². The summed E-state index contributed by atoms with van der Waals surface area (Å²) in [4.78, 5) is 20.1. The van der Waals surface area contributed by atoms with Gasteiger partial charge < -0.3 is 25.0 Å². The summed E-state index contributed by atoms with van der Waals surface area (Å²) in [6.07, 6.45) is 1.70. The Morgan fingerprint density at radius 3 is 2.54 bits per heavy atom. The number of tetrazole rings is 1. The highest BCUT2D eigenvalue weighted by atomic mass is 19.1. The van der Waals surface area contributed by atoms with Gasteiger partial charge in [-0.05, 0) is 48.4 Å². The van der Waals surface area contributed by atoms with Crippen LogP contribution in [0, 0.1) is 5.82 Å². The van der Waals surface area contributed by atoms with Gasteiger partial charge in [-0.3, -0.25) is 0 Å². The van der Waals surface area contributed by atoms with E-state index in [-0.39, 0.29) is 11.9 Å². The van der Waals surface area contributed by atoms with Gasteiger partial charge in [0.05, 0.1) is 12.3 Å². The minimum absolute atomic E-state index is 0.199. The Labute approximate surface area is 224 Å². The standard InChI is InChI=1S/C27H29FN8O3/c1-38-15-12-36(21-10-13-39-14-11-21)25-17-20(30-27(37)29-19-8-6-18(28)7-9-19)16-24(31-25)22-4-2-3-5-23(22)26-32-34-35-33-26/h2-9,16-17,21H,10-15H2,1H3,(H2,29,30,31,37)(H,32,33,34,35). The molecule has 1 aliphatic rings. The van der Waals surface area contributed by atoms with Gasteiger partial charge in [0, 0.05) is 61.5 Å². The number of hydrogen-bond donors (Lipinski definition) is 3. The number of benzene rings is 2. The third-order valence-corrected chi connectivity index (χ3v) is 6.42. The largest absolute Gasteiger partial charge is 0.383 e. The van der Waals surface area contributed by atoms with E-state index in [2.05, 4.69) is 36.2 Å². The Hall–Kier alpha value is -4.42. The van der Waals surface area contributed by atoms with Crippen molar-refractivity contribution >= 4 is 23.2 Å². The van der Waals surface area contributed by atoms with Crippen LogP contribution >= 0.6 is 0 Å². The molecule has 2 aromatic heterocycles. The van der Waals surface area contributed by atoms with Crippen LogP contribution in [0.4, 0.5) is 26.4 Å². The molecule has 1 fully saturated rings. The van der Waals surface area contributed by atoms with Crippen molar-refractivity contribution in [1.29, 1.82) is 0 Å². The highest BCUT2D eigenvalue weighted by Crippen LogP contribution is 2.33. The lowest BCUT2D eigenvalue weighted by Gasteiger charge is -2.35. The Morgan fingerprint density at radius 1 is 1.08 bits per heavy atom. The number of aromatic amines is 1. The molecule has 0 aliphatic carbocycles. The van der Waals surface area contributed by atoms with Crippen molar-refractivity contribution < 1.29 is 18.7 Å². The molecule has 2 amide bonds. The normalized spacial score (nSPS) is 13.7. The molecular formula is C27H29FN8O3. The van der Waals surface area contributed by atoms with Crippen molar-refractivity contribution in [3.63, 3.8) is 0 Å².